The monoisotopic (exact) mass is 362 g/mol. The van der Waals surface area contributed by atoms with Gasteiger partial charge in [0.05, 0.1) is 0 Å². The summed E-state index contributed by atoms with van der Waals surface area (Å²) in [7, 11) is 0. The minimum atomic E-state index is -0.731. The van der Waals surface area contributed by atoms with Gasteiger partial charge in [0.2, 0.25) is 5.79 Å². The first-order chi connectivity index (χ1) is 13.1. The molecule has 0 radical (unpaired) electrons. The summed E-state index contributed by atoms with van der Waals surface area (Å²) in [5.41, 5.74) is 2.36. The van der Waals surface area contributed by atoms with Crippen LogP contribution in [-0.4, -0.2) is 5.79 Å². The summed E-state index contributed by atoms with van der Waals surface area (Å²) in [6.07, 6.45) is 3.09. The first-order valence-corrected chi connectivity index (χ1v) is 9.62. The summed E-state index contributed by atoms with van der Waals surface area (Å²) >= 11 is 0. The lowest BCUT2D eigenvalue weighted by molar-refractivity contribution is -0.233. The van der Waals surface area contributed by atoms with E-state index in [-0.39, 0.29) is 5.63 Å². The highest BCUT2D eigenvalue weighted by Gasteiger charge is 2.48. The first-order valence-electron chi connectivity index (χ1n) is 9.62. The van der Waals surface area contributed by atoms with E-state index < -0.39 is 11.9 Å². The lowest BCUT2D eigenvalue weighted by atomic mass is 9.83. The van der Waals surface area contributed by atoms with Gasteiger partial charge in [-0.15, -0.1) is 0 Å². The maximum absolute atomic E-state index is 12.6. The molecule has 0 N–H and O–H groups in total. The Bertz CT molecular complexity index is 1100. The third-order valence-electron chi connectivity index (χ3n) is 5.68. The second-order valence-electron chi connectivity index (χ2n) is 7.57. The first kappa shape index (κ1) is 16.6. The van der Waals surface area contributed by atoms with Gasteiger partial charge in [-0.2, -0.15) is 0 Å². The smallest absolute Gasteiger partial charge is 0.345 e. The summed E-state index contributed by atoms with van der Waals surface area (Å²) in [6.45, 7) is 3.94. The van der Waals surface area contributed by atoms with E-state index in [1.807, 2.05) is 12.1 Å². The van der Waals surface area contributed by atoms with Crippen molar-refractivity contribution in [2.45, 2.75) is 51.4 Å². The van der Waals surface area contributed by atoms with E-state index in [4.69, 9.17) is 13.9 Å². The number of fused-ring (bicyclic) bond motifs is 8. The zero-order valence-corrected chi connectivity index (χ0v) is 15.6. The number of aryl methyl sites for hydroxylation is 1. The quantitative estimate of drug-likeness (QED) is 0.655. The molecule has 27 heavy (non-hydrogen) atoms. The molecule has 3 aromatic rings. The summed E-state index contributed by atoms with van der Waals surface area (Å²) in [5.74, 6) is 0.434. The highest BCUT2D eigenvalue weighted by atomic mass is 16.7. The Labute approximate surface area is 157 Å². The van der Waals surface area contributed by atoms with Crippen LogP contribution in [0.4, 0.5) is 0 Å². The Hall–Kier alpha value is -2.59. The molecule has 0 spiro atoms. The van der Waals surface area contributed by atoms with Gasteiger partial charge in [0, 0.05) is 18.9 Å². The molecule has 2 atom stereocenters. The van der Waals surface area contributed by atoms with Crippen LogP contribution >= 0.6 is 0 Å². The molecule has 1 aromatic heterocycles. The topological polar surface area (TPSA) is 48.7 Å². The SMILES string of the molecule is CCCC[C@]12Cc3c(ccc4ccccc34)[C@H](O1)c1c(cc(C)oc1=O)O2. The summed E-state index contributed by atoms with van der Waals surface area (Å²) < 4.78 is 18.2. The highest BCUT2D eigenvalue weighted by molar-refractivity contribution is 5.87. The van der Waals surface area contributed by atoms with Crippen molar-refractivity contribution < 1.29 is 13.9 Å². The van der Waals surface area contributed by atoms with E-state index in [9.17, 15) is 4.79 Å². The van der Waals surface area contributed by atoms with Gasteiger partial charge in [-0.05, 0) is 35.2 Å². The van der Waals surface area contributed by atoms with E-state index in [0.29, 0.717) is 23.5 Å². The standard InChI is InChI=1S/C23H22O4/c1-3-4-11-23-13-18-16-8-6-5-7-15(16)9-10-17(18)21(27-23)20-19(26-23)12-14(2)25-22(20)24/h5-10,12,21H,3-4,11,13H2,1-2H3/t21-,23+/m0/s1. The Morgan fingerprint density at radius 1 is 1.19 bits per heavy atom. The van der Waals surface area contributed by atoms with Crippen LogP contribution in [0.2, 0.25) is 0 Å². The molecule has 5 rings (SSSR count). The molecule has 2 aliphatic heterocycles. The predicted octanol–water partition coefficient (Wildman–Crippen LogP) is 5.04. The number of hydrogen-bond acceptors (Lipinski definition) is 4. The van der Waals surface area contributed by atoms with E-state index in [1.54, 1.807) is 6.92 Å². The second kappa shape index (κ2) is 5.96. The molecule has 2 aromatic carbocycles. The zero-order valence-electron chi connectivity index (χ0n) is 15.6. The Morgan fingerprint density at radius 3 is 2.89 bits per heavy atom. The zero-order chi connectivity index (χ0) is 18.6. The molecule has 4 heteroatoms. The maximum atomic E-state index is 12.6. The summed E-state index contributed by atoms with van der Waals surface area (Å²) in [5, 5.41) is 2.39. The Morgan fingerprint density at radius 2 is 2.04 bits per heavy atom. The van der Waals surface area contributed by atoms with Crippen molar-refractivity contribution in [2.24, 2.45) is 0 Å². The van der Waals surface area contributed by atoms with Crippen LogP contribution in [0, 0.1) is 6.92 Å². The third-order valence-corrected chi connectivity index (χ3v) is 5.68. The third kappa shape index (κ3) is 2.51. The van der Waals surface area contributed by atoms with E-state index in [2.05, 4.69) is 37.3 Å². The fourth-order valence-electron chi connectivity index (χ4n) is 4.42. The van der Waals surface area contributed by atoms with Crippen molar-refractivity contribution in [1.29, 1.82) is 0 Å². The van der Waals surface area contributed by atoms with Crippen molar-refractivity contribution in [3.63, 3.8) is 0 Å². The van der Waals surface area contributed by atoms with Crippen LogP contribution in [0.25, 0.3) is 10.8 Å². The van der Waals surface area contributed by atoms with Gasteiger partial charge in [-0.1, -0.05) is 49.7 Å². The minimum Gasteiger partial charge on any atom is -0.461 e. The van der Waals surface area contributed by atoms with Crippen molar-refractivity contribution in [3.8, 4) is 5.75 Å². The molecule has 0 saturated heterocycles. The number of ether oxygens (including phenoxy) is 2. The summed E-state index contributed by atoms with van der Waals surface area (Å²) in [6, 6.07) is 14.4. The average Bonchev–Trinajstić information content (AvgIpc) is 2.65. The minimum absolute atomic E-state index is 0.375. The van der Waals surface area contributed by atoms with Gasteiger partial charge in [-0.3, -0.25) is 0 Å². The van der Waals surface area contributed by atoms with Gasteiger partial charge < -0.3 is 13.9 Å². The normalized spacial score (nSPS) is 22.8. The molecular weight excluding hydrogens is 340 g/mol. The molecule has 4 nitrogen and oxygen atoms in total. The molecule has 3 heterocycles. The fourth-order valence-corrected chi connectivity index (χ4v) is 4.42. The van der Waals surface area contributed by atoms with E-state index in [0.717, 1.165) is 24.8 Å². The van der Waals surface area contributed by atoms with E-state index in [1.165, 1.54) is 16.3 Å². The molecular formula is C23H22O4. The predicted molar refractivity (Wildman–Crippen MR) is 103 cm³/mol. The van der Waals surface area contributed by atoms with Gasteiger partial charge in [0.25, 0.3) is 0 Å². The Kier molecular flexibility index (Phi) is 3.66. The number of benzene rings is 2. The van der Waals surface area contributed by atoms with Gasteiger partial charge >= 0.3 is 5.63 Å². The largest absolute Gasteiger partial charge is 0.461 e. The fraction of sp³-hybridized carbons (Fsp3) is 0.348. The molecule has 0 aliphatic carbocycles. The number of rotatable bonds is 3. The lowest BCUT2D eigenvalue weighted by Gasteiger charge is -2.46. The molecule has 2 aliphatic rings. The lowest BCUT2D eigenvalue weighted by Crippen LogP contribution is -2.50. The van der Waals surface area contributed by atoms with Crippen LogP contribution in [0.1, 0.15) is 54.7 Å². The van der Waals surface area contributed by atoms with Gasteiger partial charge in [0.1, 0.15) is 23.2 Å². The van der Waals surface area contributed by atoms with Crippen LogP contribution < -0.4 is 10.4 Å². The van der Waals surface area contributed by atoms with Crippen molar-refractivity contribution in [3.05, 3.63) is 75.3 Å². The van der Waals surface area contributed by atoms with E-state index >= 15 is 0 Å². The number of unbranched alkanes of at least 4 members (excludes halogenated alkanes) is 1. The number of hydrogen-bond donors (Lipinski definition) is 0. The van der Waals surface area contributed by atoms with Gasteiger partial charge in [0.15, 0.2) is 0 Å². The molecule has 0 saturated carbocycles. The highest BCUT2D eigenvalue weighted by Crippen LogP contribution is 2.50. The van der Waals surface area contributed by atoms with Crippen LogP contribution in [0.3, 0.4) is 0 Å². The van der Waals surface area contributed by atoms with Crippen molar-refractivity contribution in [1.82, 2.24) is 0 Å². The molecule has 0 fully saturated rings. The summed E-state index contributed by atoms with van der Waals surface area (Å²) in [4.78, 5) is 12.6. The van der Waals surface area contributed by atoms with Crippen molar-refractivity contribution in [2.75, 3.05) is 0 Å². The Balaban J connectivity index is 1.78. The van der Waals surface area contributed by atoms with Crippen LogP contribution in [0.15, 0.2) is 51.7 Å². The molecule has 138 valence electrons. The van der Waals surface area contributed by atoms with Crippen LogP contribution in [-0.2, 0) is 11.2 Å². The van der Waals surface area contributed by atoms with Crippen molar-refractivity contribution >= 4 is 10.8 Å². The average molecular weight is 362 g/mol. The van der Waals surface area contributed by atoms with Crippen LogP contribution in [0.5, 0.6) is 5.75 Å². The molecule has 2 bridgehead atoms. The van der Waals surface area contributed by atoms with Gasteiger partial charge in [-0.25, -0.2) is 4.79 Å². The maximum Gasteiger partial charge on any atom is 0.345 e. The molecule has 0 amide bonds. The second-order valence-corrected chi connectivity index (χ2v) is 7.57. The molecule has 0 unspecified atom stereocenters.